The fourth-order valence-electron chi connectivity index (χ4n) is 1.34. The molecular weight excluding hydrogens is 291 g/mol. The highest BCUT2D eigenvalue weighted by Gasteiger charge is 2.16. The van der Waals surface area contributed by atoms with Gasteiger partial charge in [-0.15, -0.1) is 0 Å². The molecule has 2 aromatic rings. The molecule has 4 nitrogen and oxygen atoms in total. The van der Waals surface area contributed by atoms with Crippen LogP contribution in [-0.4, -0.2) is 12.3 Å². The van der Waals surface area contributed by atoms with E-state index in [-0.39, 0.29) is 11.4 Å². The summed E-state index contributed by atoms with van der Waals surface area (Å²) in [7, 11) is 1.39. The van der Waals surface area contributed by atoms with E-state index in [0.29, 0.717) is 15.8 Å². The van der Waals surface area contributed by atoms with Crippen LogP contribution in [-0.2, 0) is 0 Å². The van der Waals surface area contributed by atoms with Crippen molar-refractivity contribution >= 4 is 15.9 Å². The first-order chi connectivity index (χ1) is 8.17. The van der Waals surface area contributed by atoms with Gasteiger partial charge in [-0.2, -0.15) is 5.26 Å². The van der Waals surface area contributed by atoms with Crippen molar-refractivity contribution in [1.82, 2.24) is 5.16 Å². The molecular formula is C11H6BrFN2O2. The summed E-state index contributed by atoms with van der Waals surface area (Å²) in [6.07, 6.45) is 0. The summed E-state index contributed by atoms with van der Waals surface area (Å²) in [4.78, 5) is 0. The quantitative estimate of drug-likeness (QED) is 0.854. The van der Waals surface area contributed by atoms with Gasteiger partial charge in [-0.05, 0) is 34.1 Å². The minimum Gasteiger partial charge on any atom is -0.494 e. The Hall–Kier alpha value is -1.87. The number of aromatic nitrogens is 1. The maximum Gasteiger partial charge on any atom is 0.198 e. The van der Waals surface area contributed by atoms with Crippen LogP contribution in [0.5, 0.6) is 5.75 Å². The molecule has 0 aliphatic heterocycles. The summed E-state index contributed by atoms with van der Waals surface area (Å²) in [5, 5.41) is 12.3. The molecule has 1 heterocycles. The third-order valence-corrected chi connectivity index (χ3v) is 2.89. The number of methoxy groups -OCH3 is 1. The van der Waals surface area contributed by atoms with Crippen molar-refractivity contribution in [2.45, 2.75) is 0 Å². The van der Waals surface area contributed by atoms with Crippen LogP contribution in [0.2, 0.25) is 0 Å². The molecule has 17 heavy (non-hydrogen) atoms. The van der Waals surface area contributed by atoms with Gasteiger partial charge in [-0.25, -0.2) is 4.39 Å². The van der Waals surface area contributed by atoms with E-state index in [4.69, 9.17) is 14.5 Å². The second-order valence-electron chi connectivity index (χ2n) is 3.14. The third-order valence-electron chi connectivity index (χ3n) is 2.16. The Morgan fingerprint density at radius 2 is 2.29 bits per heavy atom. The SMILES string of the molecule is COc1ccc(-c2onc(C#N)c2Br)cc1F. The highest BCUT2D eigenvalue weighted by Crippen LogP contribution is 2.32. The Morgan fingerprint density at radius 3 is 2.82 bits per heavy atom. The average Bonchev–Trinajstić information content (AvgIpc) is 2.70. The molecule has 0 spiro atoms. The van der Waals surface area contributed by atoms with Crippen molar-refractivity contribution in [2.24, 2.45) is 0 Å². The Kier molecular flexibility index (Phi) is 3.11. The van der Waals surface area contributed by atoms with Crippen LogP contribution in [0.25, 0.3) is 11.3 Å². The van der Waals surface area contributed by atoms with Gasteiger partial charge < -0.3 is 9.26 Å². The zero-order valence-corrected chi connectivity index (χ0v) is 10.3. The molecule has 1 aromatic carbocycles. The summed E-state index contributed by atoms with van der Waals surface area (Å²) in [6.45, 7) is 0. The van der Waals surface area contributed by atoms with E-state index in [2.05, 4.69) is 21.1 Å². The lowest BCUT2D eigenvalue weighted by Gasteiger charge is -2.02. The van der Waals surface area contributed by atoms with Gasteiger partial charge in [0, 0.05) is 5.56 Å². The molecule has 0 saturated carbocycles. The van der Waals surface area contributed by atoms with Gasteiger partial charge in [0.2, 0.25) is 0 Å². The van der Waals surface area contributed by atoms with Crippen LogP contribution in [0, 0.1) is 17.1 Å². The lowest BCUT2D eigenvalue weighted by molar-refractivity contribution is 0.386. The fraction of sp³-hybridized carbons (Fsp3) is 0.0909. The summed E-state index contributed by atoms with van der Waals surface area (Å²) < 4.78 is 23.7. The molecule has 0 saturated heterocycles. The average molecular weight is 297 g/mol. The van der Waals surface area contributed by atoms with E-state index < -0.39 is 5.82 Å². The van der Waals surface area contributed by atoms with E-state index in [9.17, 15) is 4.39 Å². The first kappa shape index (κ1) is 11.6. The van der Waals surface area contributed by atoms with Gasteiger partial charge in [0.15, 0.2) is 23.0 Å². The van der Waals surface area contributed by atoms with Gasteiger partial charge in [0.05, 0.1) is 7.11 Å². The molecule has 0 fully saturated rings. The van der Waals surface area contributed by atoms with Gasteiger partial charge in [0.25, 0.3) is 0 Å². The lowest BCUT2D eigenvalue weighted by Crippen LogP contribution is -1.88. The predicted octanol–water partition coefficient (Wildman–Crippen LogP) is 3.12. The number of rotatable bonds is 2. The number of nitrogens with zero attached hydrogens (tertiary/aromatic N) is 2. The molecule has 0 radical (unpaired) electrons. The van der Waals surface area contributed by atoms with Crippen molar-refractivity contribution < 1.29 is 13.7 Å². The summed E-state index contributed by atoms with van der Waals surface area (Å²) in [5.41, 5.74) is 0.598. The van der Waals surface area contributed by atoms with Crippen LogP contribution in [0.3, 0.4) is 0 Å². The van der Waals surface area contributed by atoms with Crippen molar-refractivity contribution in [1.29, 1.82) is 5.26 Å². The molecule has 0 N–H and O–H groups in total. The Bertz CT molecular complexity index is 604. The van der Waals surface area contributed by atoms with Crippen LogP contribution >= 0.6 is 15.9 Å². The molecule has 0 amide bonds. The molecule has 1 aromatic heterocycles. The minimum atomic E-state index is -0.508. The second-order valence-corrected chi connectivity index (χ2v) is 3.93. The fourth-order valence-corrected chi connectivity index (χ4v) is 1.80. The molecule has 0 bridgehead atoms. The van der Waals surface area contributed by atoms with Crippen LogP contribution in [0.1, 0.15) is 5.69 Å². The largest absolute Gasteiger partial charge is 0.494 e. The summed E-state index contributed by atoms with van der Waals surface area (Å²) in [6, 6.07) is 6.20. The number of hydrogen-bond acceptors (Lipinski definition) is 4. The molecule has 0 aliphatic carbocycles. The highest BCUT2D eigenvalue weighted by atomic mass is 79.9. The number of nitriles is 1. The third kappa shape index (κ3) is 2.01. The molecule has 0 aliphatic rings. The van der Waals surface area contributed by atoms with E-state index in [1.807, 2.05) is 6.07 Å². The predicted molar refractivity (Wildman–Crippen MR) is 60.9 cm³/mol. The first-order valence-electron chi connectivity index (χ1n) is 4.56. The van der Waals surface area contributed by atoms with Crippen LogP contribution in [0.15, 0.2) is 27.2 Å². The topological polar surface area (TPSA) is 59.1 Å². The number of hydrogen-bond donors (Lipinski definition) is 0. The van der Waals surface area contributed by atoms with Gasteiger partial charge in [-0.1, -0.05) is 5.16 Å². The van der Waals surface area contributed by atoms with Gasteiger partial charge in [-0.3, -0.25) is 0 Å². The zero-order chi connectivity index (χ0) is 12.4. The molecule has 6 heteroatoms. The van der Waals surface area contributed by atoms with E-state index in [1.54, 1.807) is 6.07 Å². The van der Waals surface area contributed by atoms with Crippen molar-refractivity contribution in [3.8, 4) is 23.1 Å². The Morgan fingerprint density at radius 1 is 1.53 bits per heavy atom. The van der Waals surface area contributed by atoms with Crippen molar-refractivity contribution in [3.05, 3.63) is 34.2 Å². The molecule has 86 valence electrons. The van der Waals surface area contributed by atoms with Crippen molar-refractivity contribution in [3.63, 3.8) is 0 Å². The van der Waals surface area contributed by atoms with E-state index in [1.165, 1.54) is 19.2 Å². The number of halogens is 2. The van der Waals surface area contributed by atoms with E-state index >= 15 is 0 Å². The second kappa shape index (κ2) is 4.55. The van der Waals surface area contributed by atoms with Gasteiger partial charge in [0.1, 0.15) is 10.5 Å². The normalized spacial score (nSPS) is 10.0. The highest BCUT2D eigenvalue weighted by molar-refractivity contribution is 9.10. The maximum absolute atomic E-state index is 13.5. The summed E-state index contributed by atoms with van der Waals surface area (Å²) >= 11 is 3.18. The Labute approximate surface area is 105 Å². The smallest absolute Gasteiger partial charge is 0.198 e. The standard InChI is InChI=1S/C11H6BrFN2O2/c1-16-9-3-2-6(4-7(9)13)11-10(12)8(5-14)15-17-11/h2-4H,1H3. The van der Waals surface area contributed by atoms with Crippen molar-refractivity contribution in [2.75, 3.05) is 7.11 Å². The van der Waals surface area contributed by atoms with E-state index in [0.717, 1.165) is 0 Å². The maximum atomic E-state index is 13.5. The number of benzene rings is 1. The molecule has 0 unspecified atom stereocenters. The monoisotopic (exact) mass is 296 g/mol. The zero-order valence-electron chi connectivity index (χ0n) is 8.70. The minimum absolute atomic E-state index is 0.122. The number of ether oxygens (including phenoxy) is 1. The first-order valence-corrected chi connectivity index (χ1v) is 5.36. The molecule has 2 rings (SSSR count). The summed E-state index contributed by atoms with van der Waals surface area (Å²) in [5.74, 6) is -0.0557. The Balaban J connectivity index is 2.51. The van der Waals surface area contributed by atoms with Crippen LogP contribution < -0.4 is 4.74 Å². The lowest BCUT2D eigenvalue weighted by atomic mass is 10.1. The van der Waals surface area contributed by atoms with Gasteiger partial charge >= 0.3 is 0 Å². The van der Waals surface area contributed by atoms with Crippen LogP contribution in [0.4, 0.5) is 4.39 Å². The molecule has 0 atom stereocenters.